The highest BCUT2D eigenvalue weighted by Gasteiger charge is 2.16. The Morgan fingerprint density at radius 2 is 1.59 bits per heavy atom. The second kappa shape index (κ2) is 10.7. The molecular formula is C28H21N5O6. The number of anilines is 4. The Hall–Kier alpha value is -5.71. The van der Waals surface area contributed by atoms with Crippen molar-refractivity contribution in [3.63, 3.8) is 0 Å². The lowest BCUT2D eigenvalue weighted by molar-refractivity contribution is -0.384. The molecule has 5 aromatic rings. The summed E-state index contributed by atoms with van der Waals surface area (Å²) in [6, 6.07) is 25.1. The molecule has 0 aliphatic rings. The average Bonchev–Trinajstić information content (AvgIpc) is 2.94. The van der Waals surface area contributed by atoms with E-state index in [4.69, 9.17) is 4.74 Å². The number of rotatable bonds is 8. The summed E-state index contributed by atoms with van der Waals surface area (Å²) in [5.41, 5.74) is 1.42. The second-order valence-electron chi connectivity index (χ2n) is 8.27. The van der Waals surface area contributed by atoms with Gasteiger partial charge in [0.05, 0.1) is 17.5 Å². The molecule has 0 bridgehead atoms. The molecule has 0 aliphatic carbocycles. The van der Waals surface area contributed by atoms with Gasteiger partial charge in [-0.3, -0.25) is 10.1 Å². The van der Waals surface area contributed by atoms with Gasteiger partial charge in [0.25, 0.3) is 5.69 Å². The minimum absolute atomic E-state index is 0.0110. The maximum Gasteiger partial charge on any atom is 0.341 e. The summed E-state index contributed by atoms with van der Waals surface area (Å²) in [4.78, 5) is 31.7. The molecule has 0 saturated carbocycles. The number of nitrogens with zero attached hydrogens (tertiary/aromatic N) is 3. The zero-order chi connectivity index (χ0) is 27.4. The molecule has 0 saturated heterocycles. The Bertz CT molecular complexity index is 1680. The van der Waals surface area contributed by atoms with Crippen LogP contribution in [0.3, 0.4) is 0 Å². The number of carbonyl (C=O) groups is 1. The Morgan fingerprint density at radius 1 is 0.872 bits per heavy atom. The zero-order valence-corrected chi connectivity index (χ0v) is 20.5. The van der Waals surface area contributed by atoms with Crippen LogP contribution >= 0.6 is 0 Å². The molecule has 5 rings (SSSR count). The van der Waals surface area contributed by atoms with Crippen molar-refractivity contribution in [2.75, 3.05) is 17.7 Å². The van der Waals surface area contributed by atoms with Crippen LogP contribution in [-0.4, -0.2) is 33.1 Å². The summed E-state index contributed by atoms with van der Waals surface area (Å²) >= 11 is 0. The molecule has 3 N–H and O–H groups in total. The predicted molar refractivity (Wildman–Crippen MR) is 145 cm³/mol. The predicted octanol–water partition coefficient (Wildman–Crippen LogP) is 6.31. The van der Waals surface area contributed by atoms with Gasteiger partial charge in [0.1, 0.15) is 28.6 Å². The molecule has 1 aromatic heterocycles. The molecule has 11 nitrogen and oxygen atoms in total. The number of esters is 1. The first kappa shape index (κ1) is 25.0. The van der Waals surface area contributed by atoms with Gasteiger partial charge in [0, 0.05) is 35.0 Å². The standard InChI is InChI=1S/C28H21N5O6/c1-38-27(35)22-13-9-18(15-25(22)34)30-28-31-24-14-10-19(33(36)37)16-23(24)26(32-28)29-17-7-11-21(12-8-17)39-20-5-3-2-4-6-20/h2-16,34H,1H3,(H2,29,30,31,32). The van der Waals surface area contributed by atoms with Gasteiger partial charge >= 0.3 is 5.97 Å². The van der Waals surface area contributed by atoms with E-state index in [0.29, 0.717) is 39.6 Å². The molecule has 0 amide bonds. The molecule has 0 radical (unpaired) electrons. The summed E-state index contributed by atoms with van der Waals surface area (Å²) in [5, 5.41) is 28.2. The number of aromatic nitrogens is 2. The maximum absolute atomic E-state index is 11.8. The number of ether oxygens (including phenoxy) is 2. The van der Waals surface area contributed by atoms with Gasteiger partial charge in [-0.1, -0.05) is 18.2 Å². The molecule has 11 heteroatoms. The van der Waals surface area contributed by atoms with Crippen molar-refractivity contribution in [1.82, 2.24) is 9.97 Å². The van der Waals surface area contributed by atoms with Crippen molar-refractivity contribution in [2.24, 2.45) is 0 Å². The van der Waals surface area contributed by atoms with E-state index in [1.807, 2.05) is 30.3 Å². The molecular weight excluding hydrogens is 502 g/mol. The van der Waals surface area contributed by atoms with Crippen LogP contribution in [0.4, 0.5) is 28.8 Å². The average molecular weight is 524 g/mol. The number of fused-ring (bicyclic) bond motifs is 1. The summed E-state index contributed by atoms with van der Waals surface area (Å²) in [5.74, 6) is 0.862. The second-order valence-corrected chi connectivity index (χ2v) is 8.27. The van der Waals surface area contributed by atoms with Crippen molar-refractivity contribution in [3.05, 3.63) is 107 Å². The third-order valence-electron chi connectivity index (χ3n) is 5.65. The first-order chi connectivity index (χ1) is 18.9. The number of non-ortho nitro benzene ring substituents is 1. The molecule has 0 unspecified atom stereocenters. The minimum atomic E-state index is -0.672. The largest absolute Gasteiger partial charge is 0.507 e. The van der Waals surface area contributed by atoms with Crippen LogP contribution in [0.1, 0.15) is 10.4 Å². The fourth-order valence-corrected chi connectivity index (χ4v) is 3.77. The minimum Gasteiger partial charge on any atom is -0.507 e. The van der Waals surface area contributed by atoms with Crippen molar-refractivity contribution >= 4 is 45.7 Å². The van der Waals surface area contributed by atoms with Crippen LogP contribution in [0.25, 0.3) is 10.9 Å². The molecule has 4 aromatic carbocycles. The molecule has 0 atom stereocenters. The van der Waals surface area contributed by atoms with E-state index in [1.165, 1.54) is 37.4 Å². The lowest BCUT2D eigenvalue weighted by Crippen LogP contribution is -2.04. The van der Waals surface area contributed by atoms with Crippen LogP contribution in [0, 0.1) is 10.1 Å². The molecule has 0 fully saturated rings. The van der Waals surface area contributed by atoms with E-state index in [-0.39, 0.29) is 22.9 Å². The first-order valence-corrected chi connectivity index (χ1v) is 11.6. The van der Waals surface area contributed by atoms with E-state index in [9.17, 15) is 20.0 Å². The number of hydrogen-bond donors (Lipinski definition) is 3. The summed E-state index contributed by atoms with van der Waals surface area (Å²) < 4.78 is 10.5. The van der Waals surface area contributed by atoms with E-state index in [2.05, 4.69) is 25.3 Å². The monoisotopic (exact) mass is 523 g/mol. The number of para-hydroxylation sites is 1. The number of nitro benzene ring substituents is 1. The number of methoxy groups -OCH3 is 1. The van der Waals surface area contributed by atoms with Crippen LogP contribution in [0.2, 0.25) is 0 Å². The third-order valence-corrected chi connectivity index (χ3v) is 5.65. The number of carbonyl (C=O) groups excluding carboxylic acids is 1. The van der Waals surface area contributed by atoms with Gasteiger partial charge in [0.15, 0.2) is 0 Å². The molecule has 39 heavy (non-hydrogen) atoms. The normalized spacial score (nSPS) is 10.6. The van der Waals surface area contributed by atoms with Crippen molar-refractivity contribution in [1.29, 1.82) is 0 Å². The lowest BCUT2D eigenvalue weighted by atomic mass is 10.2. The first-order valence-electron chi connectivity index (χ1n) is 11.6. The number of aromatic hydroxyl groups is 1. The Labute approximate surface area is 221 Å². The maximum atomic E-state index is 11.8. The van der Waals surface area contributed by atoms with Gasteiger partial charge in [-0.2, -0.15) is 4.98 Å². The van der Waals surface area contributed by atoms with Crippen molar-refractivity contribution in [3.8, 4) is 17.2 Å². The zero-order valence-electron chi connectivity index (χ0n) is 20.5. The van der Waals surface area contributed by atoms with Crippen molar-refractivity contribution in [2.45, 2.75) is 0 Å². The van der Waals surface area contributed by atoms with Crippen molar-refractivity contribution < 1.29 is 24.3 Å². The molecule has 0 spiro atoms. The third kappa shape index (κ3) is 5.67. The molecule has 1 heterocycles. The van der Waals surface area contributed by atoms with E-state index < -0.39 is 10.9 Å². The van der Waals surface area contributed by atoms with Gasteiger partial charge in [0.2, 0.25) is 5.95 Å². The number of phenols is 1. The number of phenolic OH excluding ortho intramolecular Hbond substituents is 1. The van der Waals surface area contributed by atoms with Crippen LogP contribution in [0.15, 0.2) is 91.0 Å². The lowest BCUT2D eigenvalue weighted by Gasteiger charge is -2.13. The van der Waals surface area contributed by atoms with Crippen LogP contribution < -0.4 is 15.4 Å². The van der Waals surface area contributed by atoms with Gasteiger partial charge in [-0.05, 0) is 54.6 Å². The Balaban J connectivity index is 1.46. The highest BCUT2D eigenvalue weighted by Crippen LogP contribution is 2.31. The quantitative estimate of drug-likeness (QED) is 0.120. The number of hydrogen-bond acceptors (Lipinski definition) is 10. The van der Waals surface area contributed by atoms with Crippen LogP contribution in [0.5, 0.6) is 17.2 Å². The Kier molecular flexibility index (Phi) is 6.86. The van der Waals surface area contributed by atoms with Crippen LogP contribution in [-0.2, 0) is 4.74 Å². The van der Waals surface area contributed by atoms with E-state index in [0.717, 1.165) is 0 Å². The Morgan fingerprint density at radius 3 is 2.28 bits per heavy atom. The summed E-state index contributed by atoms with van der Waals surface area (Å²) in [7, 11) is 1.22. The van der Waals surface area contributed by atoms with E-state index in [1.54, 1.807) is 30.3 Å². The van der Waals surface area contributed by atoms with Gasteiger partial charge in [-0.15, -0.1) is 0 Å². The smallest absolute Gasteiger partial charge is 0.341 e. The van der Waals surface area contributed by atoms with E-state index >= 15 is 0 Å². The number of nitro groups is 1. The van der Waals surface area contributed by atoms with Gasteiger partial charge < -0.3 is 25.2 Å². The molecule has 194 valence electrons. The summed E-state index contributed by atoms with van der Waals surface area (Å²) in [6.45, 7) is 0. The van der Waals surface area contributed by atoms with Gasteiger partial charge in [-0.25, -0.2) is 9.78 Å². The summed E-state index contributed by atoms with van der Waals surface area (Å²) in [6.07, 6.45) is 0. The SMILES string of the molecule is COC(=O)c1ccc(Nc2nc(Nc3ccc(Oc4ccccc4)cc3)c3cc([N+](=O)[O-])ccc3n2)cc1O. The molecule has 0 aliphatic heterocycles. The topological polar surface area (TPSA) is 149 Å². The number of nitrogens with one attached hydrogen (secondary N) is 2. The number of benzene rings is 4. The fraction of sp³-hybridized carbons (Fsp3) is 0.0357. The highest BCUT2D eigenvalue weighted by atomic mass is 16.6. The highest BCUT2D eigenvalue weighted by molar-refractivity contribution is 5.94. The fourth-order valence-electron chi connectivity index (χ4n) is 3.77.